The zero-order chi connectivity index (χ0) is 12.4. The molecule has 1 aliphatic carbocycles. The van der Waals surface area contributed by atoms with E-state index in [2.05, 4.69) is 10.3 Å². The molecular formula is C14H17N3O. The van der Waals surface area contributed by atoms with Gasteiger partial charge in [0.15, 0.2) is 0 Å². The molecular weight excluding hydrogens is 226 g/mol. The van der Waals surface area contributed by atoms with Gasteiger partial charge in [-0.2, -0.15) is 0 Å². The highest BCUT2D eigenvalue weighted by molar-refractivity contribution is 5.76. The van der Waals surface area contributed by atoms with E-state index >= 15 is 0 Å². The van der Waals surface area contributed by atoms with Gasteiger partial charge in [-0.05, 0) is 37.4 Å². The number of benzene rings is 1. The molecule has 1 aromatic carbocycles. The van der Waals surface area contributed by atoms with Crippen molar-refractivity contribution in [3.63, 3.8) is 0 Å². The summed E-state index contributed by atoms with van der Waals surface area (Å²) in [7, 11) is 0. The number of nitrogens with zero attached hydrogens (tertiary/aromatic N) is 2. The highest BCUT2D eigenvalue weighted by Crippen LogP contribution is 2.27. The van der Waals surface area contributed by atoms with Crippen LogP contribution >= 0.6 is 0 Å². The van der Waals surface area contributed by atoms with Gasteiger partial charge in [-0.3, -0.25) is 9.36 Å². The van der Waals surface area contributed by atoms with E-state index in [1.807, 2.05) is 24.3 Å². The lowest BCUT2D eigenvalue weighted by Gasteiger charge is -2.07. The minimum absolute atomic E-state index is 0.0498. The van der Waals surface area contributed by atoms with Crippen LogP contribution in [0.5, 0.6) is 0 Å². The molecule has 0 spiro atoms. The van der Waals surface area contributed by atoms with Crippen molar-refractivity contribution in [2.45, 2.75) is 19.4 Å². The predicted molar refractivity (Wildman–Crippen MR) is 71.6 cm³/mol. The highest BCUT2D eigenvalue weighted by atomic mass is 16.1. The zero-order valence-corrected chi connectivity index (χ0v) is 10.3. The molecule has 94 valence electrons. The molecule has 0 aliphatic heterocycles. The van der Waals surface area contributed by atoms with Crippen LogP contribution < -0.4 is 10.9 Å². The Morgan fingerprint density at radius 2 is 2.17 bits per heavy atom. The van der Waals surface area contributed by atoms with Gasteiger partial charge in [-0.1, -0.05) is 12.1 Å². The Morgan fingerprint density at radius 3 is 3.00 bits per heavy atom. The Labute approximate surface area is 106 Å². The van der Waals surface area contributed by atoms with Gasteiger partial charge in [0.2, 0.25) is 0 Å². The largest absolute Gasteiger partial charge is 0.315 e. The maximum Gasteiger partial charge on any atom is 0.261 e. The minimum Gasteiger partial charge on any atom is -0.315 e. The molecule has 0 radical (unpaired) electrons. The second-order valence-electron chi connectivity index (χ2n) is 4.91. The Morgan fingerprint density at radius 1 is 1.33 bits per heavy atom. The molecule has 1 aliphatic rings. The van der Waals surface area contributed by atoms with Crippen LogP contribution in [0.3, 0.4) is 0 Å². The third-order valence-electron chi connectivity index (χ3n) is 3.39. The first-order valence-electron chi connectivity index (χ1n) is 6.49. The van der Waals surface area contributed by atoms with Crippen LogP contribution in [-0.2, 0) is 6.54 Å². The monoisotopic (exact) mass is 243 g/mol. The van der Waals surface area contributed by atoms with Gasteiger partial charge < -0.3 is 5.32 Å². The number of nitrogens with one attached hydrogen (secondary N) is 1. The van der Waals surface area contributed by atoms with E-state index in [0.29, 0.717) is 11.9 Å². The fraction of sp³-hybridized carbons (Fsp3) is 0.429. The first-order valence-corrected chi connectivity index (χ1v) is 6.49. The number of fused-ring (bicyclic) bond motifs is 1. The first-order chi connectivity index (χ1) is 8.84. The lowest BCUT2D eigenvalue weighted by molar-refractivity contribution is 0.564. The van der Waals surface area contributed by atoms with Crippen molar-refractivity contribution in [3.05, 3.63) is 40.9 Å². The Hall–Kier alpha value is -1.68. The topological polar surface area (TPSA) is 46.9 Å². The van der Waals surface area contributed by atoms with Crippen LogP contribution in [0.15, 0.2) is 35.4 Å². The summed E-state index contributed by atoms with van der Waals surface area (Å²) in [5, 5.41) is 4.08. The van der Waals surface area contributed by atoms with Crippen molar-refractivity contribution in [1.29, 1.82) is 0 Å². The maximum absolute atomic E-state index is 12.2. The van der Waals surface area contributed by atoms with Gasteiger partial charge in [0, 0.05) is 13.1 Å². The van der Waals surface area contributed by atoms with E-state index < -0.39 is 0 Å². The van der Waals surface area contributed by atoms with Crippen molar-refractivity contribution < 1.29 is 0 Å². The molecule has 1 aromatic heterocycles. The third kappa shape index (κ3) is 2.43. The molecule has 18 heavy (non-hydrogen) atoms. The standard InChI is InChI=1S/C14H17N3O/c18-14-12-3-1-2-4-13(12)16-10-17(14)8-7-15-9-11-5-6-11/h1-4,10-11,15H,5-9H2. The van der Waals surface area contributed by atoms with Crippen molar-refractivity contribution in [3.8, 4) is 0 Å². The second-order valence-corrected chi connectivity index (χ2v) is 4.91. The molecule has 0 unspecified atom stereocenters. The molecule has 1 saturated carbocycles. The zero-order valence-electron chi connectivity index (χ0n) is 10.3. The Bertz CT molecular complexity index is 601. The summed E-state index contributed by atoms with van der Waals surface area (Å²) in [6.45, 7) is 2.59. The van der Waals surface area contributed by atoms with Crippen molar-refractivity contribution in [2.24, 2.45) is 5.92 Å². The molecule has 1 N–H and O–H groups in total. The minimum atomic E-state index is 0.0498. The highest BCUT2D eigenvalue weighted by Gasteiger charge is 2.19. The van der Waals surface area contributed by atoms with E-state index in [0.717, 1.165) is 24.5 Å². The molecule has 0 amide bonds. The fourth-order valence-corrected chi connectivity index (χ4v) is 2.09. The molecule has 4 heteroatoms. The Balaban J connectivity index is 1.71. The summed E-state index contributed by atoms with van der Waals surface area (Å²) >= 11 is 0. The normalized spacial score (nSPS) is 15.1. The smallest absolute Gasteiger partial charge is 0.261 e. The Kier molecular flexibility index (Phi) is 3.11. The molecule has 1 heterocycles. The van der Waals surface area contributed by atoms with Crippen LogP contribution in [0.25, 0.3) is 10.9 Å². The summed E-state index contributed by atoms with van der Waals surface area (Å²) in [5.41, 5.74) is 0.818. The second kappa shape index (κ2) is 4.90. The molecule has 2 aromatic rings. The van der Waals surface area contributed by atoms with Crippen LogP contribution in [-0.4, -0.2) is 22.6 Å². The summed E-state index contributed by atoms with van der Waals surface area (Å²) < 4.78 is 1.68. The molecule has 3 rings (SSSR count). The average molecular weight is 243 g/mol. The summed E-state index contributed by atoms with van der Waals surface area (Å²) in [6, 6.07) is 7.47. The van der Waals surface area contributed by atoms with Gasteiger partial charge in [0.05, 0.1) is 17.2 Å². The quantitative estimate of drug-likeness (QED) is 0.807. The van der Waals surface area contributed by atoms with E-state index in [1.165, 1.54) is 12.8 Å². The van der Waals surface area contributed by atoms with Crippen molar-refractivity contribution in [1.82, 2.24) is 14.9 Å². The van der Waals surface area contributed by atoms with Gasteiger partial charge in [-0.25, -0.2) is 4.98 Å². The summed E-state index contributed by atoms with van der Waals surface area (Å²) in [4.78, 5) is 16.5. The van der Waals surface area contributed by atoms with Gasteiger partial charge in [0.1, 0.15) is 0 Å². The van der Waals surface area contributed by atoms with Crippen LogP contribution in [0.2, 0.25) is 0 Å². The SMILES string of the molecule is O=c1c2ccccc2ncn1CCNCC1CC1. The van der Waals surface area contributed by atoms with Crippen molar-refractivity contribution in [2.75, 3.05) is 13.1 Å². The molecule has 0 bridgehead atoms. The van der Waals surface area contributed by atoms with Crippen LogP contribution in [0, 0.1) is 5.92 Å². The van der Waals surface area contributed by atoms with E-state index in [4.69, 9.17) is 0 Å². The summed E-state index contributed by atoms with van der Waals surface area (Å²) in [5.74, 6) is 0.872. The van der Waals surface area contributed by atoms with Gasteiger partial charge in [-0.15, -0.1) is 0 Å². The number of aromatic nitrogens is 2. The van der Waals surface area contributed by atoms with Gasteiger partial charge >= 0.3 is 0 Å². The van der Waals surface area contributed by atoms with E-state index in [1.54, 1.807) is 10.9 Å². The van der Waals surface area contributed by atoms with Gasteiger partial charge in [0.25, 0.3) is 5.56 Å². The van der Waals surface area contributed by atoms with E-state index in [9.17, 15) is 4.79 Å². The number of hydrogen-bond acceptors (Lipinski definition) is 3. The van der Waals surface area contributed by atoms with Crippen molar-refractivity contribution >= 4 is 10.9 Å². The maximum atomic E-state index is 12.2. The average Bonchev–Trinajstić information content (AvgIpc) is 3.21. The predicted octanol–water partition coefficient (Wildman–Crippen LogP) is 1.40. The fourth-order valence-electron chi connectivity index (χ4n) is 2.09. The lowest BCUT2D eigenvalue weighted by atomic mass is 10.2. The first kappa shape index (κ1) is 11.4. The number of rotatable bonds is 5. The molecule has 1 fully saturated rings. The van der Waals surface area contributed by atoms with Crippen LogP contribution in [0.4, 0.5) is 0 Å². The lowest BCUT2D eigenvalue weighted by Crippen LogP contribution is -2.28. The van der Waals surface area contributed by atoms with E-state index in [-0.39, 0.29) is 5.56 Å². The molecule has 4 nitrogen and oxygen atoms in total. The summed E-state index contributed by atoms with van der Waals surface area (Å²) in [6.07, 6.45) is 4.35. The molecule has 0 saturated heterocycles. The number of hydrogen-bond donors (Lipinski definition) is 1. The van der Waals surface area contributed by atoms with Crippen LogP contribution in [0.1, 0.15) is 12.8 Å². The third-order valence-corrected chi connectivity index (χ3v) is 3.39. The number of para-hydroxylation sites is 1. The molecule has 0 atom stereocenters.